The number of H-pyrrole nitrogens is 1. The van der Waals surface area contributed by atoms with Gasteiger partial charge < -0.3 is 15.0 Å². The number of carbonyl (C=O) groups is 1. The molecule has 0 saturated carbocycles. The summed E-state index contributed by atoms with van der Waals surface area (Å²) >= 11 is 0. The summed E-state index contributed by atoms with van der Waals surface area (Å²) in [7, 11) is 0. The van der Waals surface area contributed by atoms with Crippen LogP contribution in [0, 0.1) is 0 Å². The highest BCUT2D eigenvalue weighted by Crippen LogP contribution is 2.22. The van der Waals surface area contributed by atoms with Crippen LogP contribution in [0.5, 0.6) is 5.75 Å². The molecule has 0 atom stereocenters. The van der Waals surface area contributed by atoms with Crippen LogP contribution in [-0.4, -0.2) is 29.0 Å². The Hall–Kier alpha value is -3.15. The van der Waals surface area contributed by atoms with Crippen molar-refractivity contribution in [1.29, 1.82) is 0 Å². The molecule has 0 aliphatic rings. The molecule has 2 N–H and O–H groups in total. The minimum Gasteiger partial charge on any atom is -0.489 e. The fourth-order valence-electron chi connectivity index (χ4n) is 2.21. The first-order chi connectivity index (χ1) is 11.3. The van der Waals surface area contributed by atoms with E-state index in [-0.39, 0.29) is 18.7 Å². The predicted molar refractivity (Wildman–Crippen MR) is 86.6 cm³/mol. The zero-order chi connectivity index (χ0) is 16.1. The molecular weight excluding hydrogens is 294 g/mol. The van der Waals surface area contributed by atoms with Crippen LogP contribution in [0.4, 0.5) is 0 Å². The molecular formula is C17H15N3O3. The number of rotatable bonds is 5. The Bertz CT molecular complexity index is 884. The maximum Gasteiger partial charge on any atom is 0.260 e. The average Bonchev–Trinajstić information content (AvgIpc) is 2.59. The van der Waals surface area contributed by atoms with Crippen molar-refractivity contribution in [2.45, 2.75) is 0 Å². The third kappa shape index (κ3) is 3.37. The minimum absolute atomic E-state index is 0.0827. The number of carbonyl (C=O) groups excluding carboxylic acids is 1. The van der Waals surface area contributed by atoms with Gasteiger partial charge in [-0.15, -0.1) is 0 Å². The van der Waals surface area contributed by atoms with E-state index in [2.05, 4.69) is 15.3 Å². The van der Waals surface area contributed by atoms with Gasteiger partial charge in [0, 0.05) is 17.8 Å². The highest BCUT2D eigenvalue weighted by Gasteiger charge is 2.09. The molecule has 1 aromatic carbocycles. The van der Waals surface area contributed by atoms with Crippen LogP contribution in [0.3, 0.4) is 0 Å². The molecule has 0 radical (unpaired) electrons. The van der Waals surface area contributed by atoms with Gasteiger partial charge in [0.15, 0.2) is 0 Å². The van der Waals surface area contributed by atoms with Gasteiger partial charge in [-0.05, 0) is 24.3 Å². The molecule has 116 valence electrons. The van der Waals surface area contributed by atoms with E-state index in [4.69, 9.17) is 4.74 Å². The van der Waals surface area contributed by atoms with E-state index in [0.29, 0.717) is 5.75 Å². The van der Waals surface area contributed by atoms with E-state index in [1.807, 2.05) is 30.3 Å². The topological polar surface area (TPSA) is 84.1 Å². The Balaban J connectivity index is 1.58. The SMILES string of the molecule is O=C(NCCOc1cccc2cccnc12)c1ccc[nH]c1=O. The van der Waals surface area contributed by atoms with Crippen molar-refractivity contribution in [2.75, 3.05) is 13.2 Å². The van der Waals surface area contributed by atoms with Gasteiger partial charge >= 0.3 is 0 Å². The van der Waals surface area contributed by atoms with E-state index in [1.54, 1.807) is 12.3 Å². The lowest BCUT2D eigenvalue weighted by Gasteiger charge is -2.09. The lowest BCUT2D eigenvalue weighted by molar-refractivity contribution is 0.0945. The molecule has 6 nitrogen and oxygen atoms in total. The predicted octanol–water partition coefficient (Wildman–Crippen LogP) is 1.73. The number of hydrogen-bond acceptors (Lipinski definition) is 4. The number of amides is 1. The number of aromatic nitrogens is 2. The monoisotopic (exact) mass is 309 g/mol. The van der Waals surface area contributed by atoms with Gasteiger partial charge in [0.2, 0.25) is 0 Å². The standard InChI is InChI=1S/C17H15N3O3/c21-16-13(6-3-9-19-16)17(22)20-10-11-23-14-7-1-4-12-5-2-8-18-15(12)14/h1-9H,10-11H2,(H,19,21)(H,20,22). The second-order valence-electron chi connectivity index (χ2n) is 4.85. The Morgan fingerprint density at radius 3 is 2.91 bits per heavy atom. The summed E-state index contributed by atoms with van der Waals surface area (Å²) in [5.41, 5.74) is 0.448. The number of nitrogens with zero attached hydrogens (tertiary/aromatic N) is 1. The van der Waals surface area contributed by atoms with Gasteiger partial charge in [-0.25, -0.2) is 0 Å². The maximum atomic E-state index is 11.9. The van der Waals surface area contributed by atoms with Crippen LogP contribution in [-0.2, 0) is 0 Å². The summed E-state index contributed by atoms with van der Waals surface area (Å²) in [4.78, 5) is 30.2. The van der Waals surface area contributed by atoms with E-state index in [0.717, 1.165) is 10.9 Å². The van der Waals surface area contributed by atoms with Crippen molar-refractivity contribution in [3.05, 3.63) is 70.8 Å². The van der Waals surface area contributed by atoms with Crippen molar-refractivity contribution in [1.82, 2.24) is 15.3 Å². The molecule has 3 rings (SSSR count). The second kappa shape index (κ2) is 6.74. The largest absolute Gasteiger partial charge is 0.489 e. The van der Waals surface area contributed by atoms with Gasteiger partial charge in [-0.3, -0.25) is 14.6 Å². The zero-order valence-corrected chi connectivity index (χ0v) is 12.3. The first kappa shape index (κ1) is 14.8. The number of ether oxygens (including phenoxy) is 1. The van der Waals surface area contributed by atoms with Crippen LogP contribution in [0.1, 0.15) is 10.4 Å². The molecule has 0 saturated heterocycles. The van der Waals surface area contributed by atoms with Crippen molar-refractivity contribution >= 4 is 16.8 Å². The molecule has 6 heteroatoms. The number of fused-ring (bicyclic) bond motifs is 1. The molecule has 0 bridgehead atoms. The molecule has 0 unspecified atom stereocenters. The van der Waals surface area contributed by atoms with E-state index >= 15 is 0 Å². The van der Waals surface area contributed by atoms with Gasteiger partial charge in [-0.1, -0.05) is 18.2 Å². The van der Waals surface area contributed by atoms with Crippen LogP contribution >= 0.6 is 0 Å². The first-order valence-electron chi connectivity index (χ1n) is 7.18. The highest BCUT2D eigenvalue weighted by molar-refractivity contribution is 5.93. The summed E-state index contributed by atoms with van der Waals surface area (Å²) in [5.74, 6) is 0.237. The van der Waals surface area contributed by atoms with Crippen molar-refractivity contribution in [2.24, 2.45) is 0 Å². The van der Waals surface area contributed by atoms with Gasteiger partial charge in [0.25, 0.3) is 11.5 Å². The molecule has 0 spiro atoms. The summed E-state index contributed by atoms with van der Waals surface area (Å²) in [5, 5.41) is 3.64. The number of aromatic amines is 1. The van der Waals surface area contributed by atoms with Crippen LogP contribution in [0.2, 0.25) is 0 Å². The Labute approximate surface area is 132 Å². The summed E-state index contributed by atoms with van der Waals surface area (Å²) < 4.78 is 5.67. The molecule has 1 amide bonds. The summed E-state index contributed by atoms with van der Waals surface area (Å²) in [6.45, 7) is 0.572. The quantitative estimate of drug-likeness (QED) is 0.703. The molecule has 0 fully saturated rings. The molecule has 3 aromatic rings. The molecule has 2 heterocycles. The maximum absolute atomic E-state index is 11.9. The normalized spacial score (nSPS) is 10.4. The van der Waals surface area contributed by atoms with Crippen molar-refractivity contribution < 1.29 is 9.53 Å². The molecule has 23 heavy (non-hydrogen) atoms. The minimum atomic E-state index is -0.425. The van der Waals surface area contributed by atoms with E-state index < -0.39 is 11.5 Å². The second-order valence-corrected chi connectivity index (χ2v) is 4.85. The lowest BCUT2D eigenvalue weighted by Crippen LogP contribution is -2.32. The highest BCUT2D eigenvalue weighted by atomic mass is 16.5. The smallest absolute Gasteiger partial charge is 0.260 e. The summed E-state index contributed by atoms with van der Waals surface area (Å²) in [6, 6.07) is 12.6. The Morgan fingerprint density at radius 1 is 1.17 bits per heavy atom. The average molecular weight is 309 g/mol. The number of pyridine rings is 2. The number of hydrogen-bond donors (Lipinski definition) is 2. The fraction of sp³-hybridized carbons (Fsp3) is 0.118. The van der Waals surface area contributed by atoms with E-state index in [1.165, 1.54) is 12.3 Å². The van der Waals surface area contributed by atoms with Crippen molar-refractivity contribution in [3.8, 4) is 5.75 Å². The molecule has 2 aromatic heterocycles. The summed E-state index contributed by atoms with van der Waals surface area (Å²) in [6.07, 6.45) is 3.19. The number of para-hydroxylation sites is 1. The molecule has 0 aliphatic carbocycles. The van der Waals surface area contributed by atoms with Crippen LogP contribution in [0.25, 0.3) is 10.9 Å². The lowest BCUT2D eigenvalue weighted by atomic mass is 10.2. The van der Waals surface area contributed by atoms with E-state index in [9.17, 15) is 9.59 Å². The third-order valence-electron chi connectivity index (χ3n) is 3.30. The zero-order valence-electron chi connectivity index (χ0n) is 12.3. The van der Waals surface area contributed by atoms with Gasteiger partial charge in [0.1, 0.15) is 23.4 Å². The van der Waals surface area contributed by atoms with Gasteiger partial charge in [0.05, 0.1) is 6.54 Å². The number of benzene rings is 1. The van der Waals surface area contributed by atoms with Crippen molar-refractivity contribution in [3.63, 3.8) is 0 Å². The Morgan fingerprint density at radius 2 is 2.04 bits per heavy atom. The Kier molecular flexibility index (Phi) is 4.33. The number of nitrogens with one attached hydrogen (secondary N) is 2. The first-order valence-corrected chi connectivity index (χ1v) is 7.18. The van der Waals surface area contributed by atoms with Gasteiger partial charge in [-0.2, -0.15) is 0 Å². The van der Waals surface area contributed by atoms with Crippen LogP contribution in [0.15, 0.2) is 59.7 Å². The fourth-order valence-corrected chi connectivity index (χ4v) is 2.21. The van der Waals surface area contributed by atoms with Crippen LogP contribution < -0.4 is 15.6 Å². The third-order valence-corrected chi connectivity index (χ3v) is 3.30. The molecule has 0 aliphatic heterocycles.